The molecular formula is C24H22Cl2N2O7S. The third kappa shape index (κ3) is 6.60. The van der Waals surface area contributed by atoms with Gasteiger partial charge < -0.3 is 18.4 Å². The van der Waals surface area contributed by atoms with Crippen molar-refractivity contribution in [2.75, 3.05) is 20.8 Å². The van der Waals surface area contributed by atoms with Crippen LogP contribution in [0.1, 0.15) is 22.8 Å². The van der Waals surface area contributed by atoms with Crippen LogP contribution in [-0.4, -0.2) is 41.4 Å². The fourth-order valence-electron chi connectivity index (χ4n) is 2.97. The predicted octanol–water partition coefficient (Wildman–Crippen LogP) is 4.94. The van der Waals surface area contributed by atoms with Crippen LogP contribution in [-0.2, 0) is 10.1 Å². The van der Waals surface area contributed by atoms with Gasteiger partial charge >= 0.3 is 10.1 Å². The number of hydrogen-bond donors (Lipinski definition) is 1. The van der Waals surface area contributed by atoms with Gasteiger partial charge in [0, 0.05) is 10.6 Å². The largest absolute Gasteiger partial charge is 0.493 e. The number of carbonyl (C=O) groups excluding carboxylic acids is 1. The molecule has 1 amide bonds. The van der Waals surface area contributed by atoms with Crippen molar-refractivity contribution < 1.29 is 31.6 Å². The van der Waals surface area contributed by atoms with E-state index in [1.807, 2.05) is 6.92 Å². The van der Waals surface area contributed by atoms with Gasteiger partial charge in [0.2, 0.25) is 5.75 Å². The lowest BCUT2D eigenvalue weighted by molar-refractivity contribution is 0.0954. The highest BCUT2D eigenvalue weighted by atomic mass is 35.5. The third-order valence-corrected chi connectivity index (χ3v) is 6.42. The Kier molecular flexibility index (Phi) is 9.03. The van der Waals surface area contributed by atoms with Crippen LogP contribution in [0.25, 0.3) is 0 Å². The van der Waals surface area contributed by atoms with Crippen LogP contribution in [0.4, 0.5) is 0 Å². The molecule has 0 aliphatic rings. The van der Waals surface area contributed by atoms with Gasteiger partial charge in [-0.2, -0.15) is 13.5 Å². The molecular weight excluding hydrogens is 531 g/mol. The molecule has 0 saturated heterocycles. The first-order valence-corrected chi connectivity index (χ1v) is 12.6. The molecule has 190 valence electrons. The zero-order valence-electron chi connectivity index (χ0n) is 19.4. The molecule has 3 rings (SSSR count). The summed E-state index contributed by atoms with van der Waals surface area (Å²) in [6, 6.07) is 13.1. The molecule has 0 spiro atoms. The van der Waals surface area contributed by atoms with Crippen LogP contribution < -0.4 is 23.8 Å². The first kappa shape index (κ1) is 27.1. The number of methoxy groups -OCH3 is 2. The van der Waals surface area contributed by atoms with Gasteiger partial charge in [0.15, 0.2) is 17.2 Å². The highest BCUT2D eigenvalue weighted by molar-refractivity contribution is 7.87. The van der Waals surface area contributed by atoms with E-state index < -0.39 is 16.0 Å². The normalized spacial score (nSPS) is 11.2. The van der Waals surface area contributed by atoms with E-state index in [1.165, 1.54) is 62.9 Å². The van der Waals surface area contributed by atoms with Gasteiger partial charge in [0.25, 0.3) is 5.91 Å². The SMILES string of the molecule is CCOc1ccc(C(=O)N/N=C/c2cc(Cl)c(OS(=O)(=O)c3ccc(Cl)cc3)c(OC)c2)cc1OC. The van der Waals surface area contributed by atoms with Crippen molar-refractivity contribution in [2.45, 2.75) is 11.8 Å². The van der Waals surface area contributed by atoms with Crippen molar-refractivity contribution >= 4 is 45.4 Å². The molecule has 0 bridgehead atoms. The van der Waals surface area contributed by atoms with E-state index in [1.54, 1.807) is 12.1 Å². The zero-order chi connectivity index (χ0) is 26.3. The van der Waals surface area contributed by atoms with Gasteiger partial charge in [0.1, 0.15) is 4.90 Å². The average molecular weight is 553 g/mol. The molecule has 0 unspecified atom stereocenters. The Hall–Kier alpha value is -3.47. The molecule has 0 atom stereocenters. The summed E-state index contributed by atoms with van der Waals surface area (Å²) in [6.07, 6.45) is 1.32. The second kappa shape index (κ2) is 12.0. The number of hydrogen-bond acceptors (Lipinski definition) is 8. The number of carbonyl (C=O) groups is 1. The Balaban J connectivity index is 1.76. The molecule has 0 saturated carbocycles. The number of hydrazone groups is 1. The molecule has 3 aromatic carbocycles. The van der Waals surface area contributed by atoms with Crippen LogP contribution in [0.5, 0.6) is 23.0 Å². The minimum atomic E-state index is -4.20. The molecule has 12 heteroatoms. The number of amides is 1. The molecule has 0 heterocycles. The second-order valence-electron chi connectivity index (χ2n) is 7.02. The molecule has 0 aliphatic carbocycles. The van der Waals surface area contributed by atoms with Gasteiger partial charge in [-0.15, -0.1) is 0 Å². The van der Waals surface area contributed by atoms with E-state index in [4.69, 9.17) is 41.6 Å². The van der Waals surface area contributed by atoms with Gasteiger partial charge in [-0.25, -0.2) is 5.43 Å². The summed E-state index contributed by atoms with van der Waals surface area (Å²) in [5.74, 6) is 0.289. The Bertz CT molecular complexity index is 1380. The van der Waals surface area contributed by atoms with Crippen molar-refractivity contribution in [3.8, 4) is 23.0 Å². The number of rotatable bonds is 10. The van der Waals surface area contributed by atoms with Gasteiger partial charge in [-0.3, -0.25) is 4.79 Å². The maximum atomic E-state index is 12.6. The summed E-state index contributed by atoms with van der Waals surface area (Å²) in [6.45, 7) is 2.29. The fraction of sp³-hybridized carbons (Fsp3) is 0.167. The van der Waals surface area contributed by atoms with Crippen molar-refractivity contribution in [1.82, 2.24) is 5.43 Å². The monoisotopic (exact) mass is 552 g/mol. The van der Waals surface area contributed by atoms with Gasteiger partial charge in [-0.05, 0) is 67.1 Å². The number of ether oxygens (including phenoxy) is 3. The molecule has 3 aromatic rings. The maximum absolute atomic E-state index is 12.6. The number of halogens is 2. The van der Waals surface area contributed by atoms with E-state index in [0.717, 1.165) is 0 Å². The Morgan fingerprint density at radius 1 is 0.972 bits per heavy atom. The van der Waals surface area contributed by atoms with E-state index in [2.05, 4.69) is 10.5 Å². The zero-order valence-corrected chi connectivity index (χ0v) is 21.8. The van der Waals surface area contributed by atoms with Crippen molar-refractivity contribution in [2.24, 2.45) is 5.10 Å². The summed E-state index contributed by atoms with van der Waals surface area (Å²) in [7, 11) is -1.40. The summed E-state index contributed by atoms with van der Waals surface area (Å²) in [5.41, 5.74) is 3.12. The van der Waals surface area contributed by atoms with Crippen LogP contribution in [0.2, 0.25) is 10.0 Å². The van der Waals surface area contributed by atoms with Crippen molar-refractivity contribution in [3.63, 3.8) is 0 Å². The summed E-state index contributed by atoms with van der Waals surface area (Å²) >= 11 is 12.1. The number of nitrogens with one attached hydrogen (secondary N) is 1. The van der Waals surface area contributed by atoms with Crippen molar-refractivity contribution in [1.29, 1.82) is 0 Å². The first-order chi connectivity index (χ1) is 17.2. The van der Waals surface area contributed by atoms with Gasteiger partial charge in [-0.1, -0.05) is 23.2 Å². The van der Waals surface area contributed by atoms with E-state index >= 15 is 0 Å². The molecule has 9 nitrogen and oxygen atoms in total. The molecule has 0 aromatic heterocycles. The molecule has 0 fully saturated rings. The quantitative estimate of drug-likeness (QED) is 0.215. The summed E-state index contributed by atoms with van der Waals surface area (Å²) in [4.78, 5) is 12.4. The van der Waals surface area contributed by atoms with E-state index in [0.29, 0.717) is 34.3 Å². The molecule has 36 heavy (non-hydrogen) atoms. The summed E-state index contributed by atoms with van der Waals surface area (Å²) in [5, 5.41) is 4.26. The third-order valence-electron chi connectivity index (χ3n) is 4.65. The van der Waals surface area contributed by atoms with Crippen LogP contribution in [0, 0.1) is 0 Å². The highest BCUT2D eigenvalue weighted by Crippen LogP contribution is 2.38. The Morgan fingerprint density at radius 2 is 1.67 bits per heavy atom. The molecule has 0 aliphatic heterocycles. The fourth-order valence-corrected chi connectivity index (χ4v) is 4.35. The number of nitrogens with zero attached hydrogens (tertiary/aromatic N) is 1. The summed E-state index contributed by atoms with van der Waals surface area (Å²) < 4.78 is 46.4. The Morgan fingerprint density at radius 3 is 2.31 bits per heavy atom. The second-order valence-corrected chi connectivity index (χ2v) is 9.41. The van der Waals surface area contributed by atoms with E-state index in [9.17, 15) is 13.2 Å². The van der Waals surface area contributed by atoms with Crippen LogP contribution in [0.3, 0.4) is 0 Å². The lowest BCUT2D eigenvalue weighted by Gasteiger charge is -2.13. The smallest absolute Gasteiger partial charge is 0.339 e. The standard InChI is InChI=1S/C24H22Cl2N2O7S/c1-4-34-20-10-5-16(13-21(20)32-2)24(29)28-27-14-15-11-19(26)23(22(12-15)33-3)35-36(30,31)18-8-6-17(25)7-9-18/h5-14H,4H2,1-3H3,(H,28,29)/b27-14+. The Labute approximate surface area is 218 Å². The first-order valence-electron chi connectivity index (χ1n) is 10.4. The topological polar surface area (TPSA) is 113 Å². The molecule has 0 radical (unpaired) electrons. The lowest BCUT2D eigenvalue weighted by atomic mass is 10.2. The average Bonchev–Trinajstić information content (AvgIpc) is 2.86. The van der Waals surface area contributed by atoms with Crippen molar-refractivity contribution in [3.05, 3.63) is 75.8 Å². The minimum Gasteiger partial charge on any atom is -0.493 e. The predicted molar refractivity (Wildman–Crippen MR) is 136 cm³/mol. The van der Waals surface area contributed by atoms with Crippen LogP contribution in [0.15, 0.2) is 64.6 Å². The van der Waals surface area contributed by atoms with Crippen LogP contribution >= 0.6 is 23.2 Å². The maximum Gasteiger partial charge on any atom is 0.339 e. The van der Waals surface area contributed by atoms with E-state index in [-0.39, 0.29) is 21.4 Å². The lowest BCUT2D eigenvalue weighted by Crippen LogP contribution is -2.17. The highest BCUT2D eigenvalue weighted by Gasteiger charge is 2.22. The molecule has 1 N–H and O–H groups in total. The number of benzene rings is 3. The minimum absolute atomic E-state index is 0.0454. The van der Waals surface area contributed by atoms with Gasteiger partial charge in [0.05, 0.1) is 32.1 Å².